The van der Waals surface area contributed by atoms with Gasteiger partial charge in [0.1, 0.15) is 0 Å². The van der Waals surface area contributed by atoms with Crippen LogP contribution in [0, 0.1) is 56.2 Å². The Bertz CT molecular complexity index is 877. The van der Waals surface area contributed by atoms with Gasteiger partial charge in [0.05, 0.1) is 12.7 Å². The third-order valence-electron chi connectivity index (χ3n) is 13.8. The standard InChI is InChI=1S/C30H49NO2/c1-25(2)14-16-30-17-15-28(6)19(23(30)24(25)33-18-30)8-9-21-27(5)12-11-22(31-32)26(3,4)20(27)10-13-29(21,28)7/h11,19-21,23-24,31-32H,8-10,12-18H2,1-7H3/t19-,20+,21-,23-,24+,27-,28+,29+,30+/m0/s1. The lowest BCUT2D eigenvalue weighted by Gasteiger charge is -2.72. The van der Waals surface area contributed by atoms with Crippen LogP contribution in [0.2, 0.25) is 0 Å². The lowest BCUT2D eigenvalue weighted by Crippen LogP contribution is -2.67. The Morgan fingerprint density at radius 2 is 1.58 bits per heavy atom. The average Bonchev–Trinajstić information content (AvgIpc) is 3.07. The van der Waals surface area contributed by atoms with Crippen LogP contribution in [0.3, 0.4) is 0 Å². The van der Waals surface area contributed by atoms with Crippen molar-refractivity contribution in [2.45, 2.75) is 112 Å². The zero-order valence-electron chi connectivity index (χ0n) is 22.4. The second kappa shape index (κ2) is 6.61. The minimum absolute atomic E-state index is 0.0117. The second-order valence-corrected chi connectivity index (χ2v) is 15.4. The summed E-state index contributed by atoms with van der Waals surface area (Å²) >= 11 is 0. The van der Waals surface area contributed by atoms with E-state index in [1.807, 2.05) is 0 Å². The van der Waals surface area contributed by atoms with E-state index < -0.39 is 0 Å². The van der Waals surface area contributed by atoms with Gasteiger partial charge in [0, 0.05) is 11.1 Å². The summed E-state index contributed by atoms with van der Waals surface area (Å²) in [6.07, 6.45) is 14.9. The van der Waals surface area contributed by atoms with E-state index in [1.54, 1.807) is 0 Å². The first-order valence-corrected chi connectivity index (χ1v) is 14.1. The fourth-order valence-electron chi connectivity index (χ4n) is 11.8. The number of nitrogens with one attached hydrogen (secondary N) is 1. The second-order valence-electron chi connectivity index (χ2n) is 15.4. The highest BCUT2D eigenvalue weighted by molar-refractivity contribution is 5.25. The van der Waals surface area contributed by atoms with E-state index in [-0.39, 0.29) is 5.41 Å². The van der Waals surface area contributed by atoms with Gasteiger partial charge >= 0.3 is 0 Å². The molecule has 0 unspecified atom stereocenters. The van der Waals surface area contributed by atoms with E-state index in [9.17, 15) is 5.21 Å². The first kappa shape index (κ1) is 22.9. The van der Waals surface area contributed by atoms with Crippen LogP contribution in [0.4, 0.5) is 0 Å². The van der Waals surface area contributed by atoms with Crippen LogP contribution < -0.4 is 5.48 Å². The molecule has 1 aliphatic heterocycles. The fraction of sp³-hybridized carbons (Fsp3) is 0.933. The molecule has 6 aliphatic rings. The summed E-state index contributed by atoms with van der Waals surface area (Å²) in [5.41, 5.74) is 5.59. The quantitative estimate of drug-likeness (QED) is 0.406. The van der Waals surface area contributed by atoms with Crippen molar-refractivity contribution in [3.63, 3.8) is 0 Å². The van der Waals surface area contributed by atoms with Gasteiger partial charge in [-0.05, 0) is 109 Å². The Hall–Kier alpha value is -0.540. The first-order chi connectivity index (χ1) is 15.4. The number of hydrogen-bond donors (Lipinski definition) is 2. The lowest BCUT2D eigenvalue weighted by atomic mass is 9.32. The molecule has 0 radical (unpaired) electrons. The van der Waals surface area contributed by atoms with Crippen molar-refractivity contribution >= 4 is 0 Å². The summed E-state index contributed by atoms with van der Waals surface area (Å²) in [5, 5.41) is 9.86. The number of rotatable bonds is 1. The Morgan fingerprint density at radius 3 is 2.30 bits per heavy atom. The van der Waals surface area contributed by atoms with Gasteiger partial charge in [0.25, 0.3) is 0 Å². The van der Waals surface area contributed by atoms with Crippen molar-refractivity contribution in [3.8, 4) is 0 Å². The van der Waals surface area contributed by atoms with E-state index >= 15 is 0 Å². The molecule has 0 aromatic carbocycles. The Kier molecular flexibility index (Phi) is 4.58. The number of hydroxylamine groups is 1. The largest absolute Gasteiger partial charge is 0.377 e. The molecule has 0 aromatic rings. The molecular formula is C30H49NO2. The summed E-state index contributed by atoms with van der Waals surface area (Å²) in [4.78, 5) is 0. The molecule has 5 fully saturated rings. The normalized spacial score (nSPS) is 56.0. The molecule has 6 rings (SSSR count). The molecule has 5 aliphatic carbocycles. The molecule has 186 valence electrons. The van der Waals surface area contributed by atoms with Crippen LogP contribution in [0.25, 0.3) is 0 Å². The van der Waals surface area contributed by atoms with Crippen molar-refractivity contribution in [2.75, 3.05) is 6.61 Å². The Labute approximate surface area is 202 Å². The number of ether oxygens (including phenoxy) is 1. The van der Waals surface area contributed by atoms with Gasteiger partial charge in [-0.25, -0.2) is 0 Å². The van der Waals surface area contributed by atoms with E-state index in [1.165, 1.54) is 51.4 Å². The van der Waals surface area contributed by atoms with Gasteiger partial charge in [-0.2, -0.15) is 0 Å². The minimum atomic E-state index is 0.0117. The van der Waals surface area contributed by atoms with Crippen LogP contribution in [0.1, 0.15) is 106 Å². The predicted molar refractivity (Wildman–Crippen MR) is 133 cm³/mol. The molecule has 1 saturated heterocycles. The van der Waals surface area contributed by atoms with Gasteiger partial charge in [-0.1, -0.05) is 54.5 Å². The zero-order chi connectivity index (χ0) is 23.7. The lowest BCUT2D eigenvalue weighted by molar-refractivity contribution is -0.235. The highest BCUT2D eigenvalue weighted by Gasteiger charge is 2.72. The average molecular weight is 456 g/mol. The van der Waals surface area contributed by atoms with E-state index in [0.29, 0.717) is 39.1 Å². The fourth-order valence-corrected chi connectivity index (χ4v) is 11.8. The SMILES string of the molecule is CC1(C)CC[C@]23CC[C@]4(C)[C@@H](CC[C@H]5[C@@]6(C)CC=C(NO)C(C)(C)[C@H]6CC[C@]54C)[C@H]2[C@H]1OC3. The molecule has 0 spiro atoms. The van der Waals surface area contributed by atoms with E-state index in [4.69, 9.17) is 4.74 Å². The van der Waals surface area contributed by atoms with Crippen LogP contribution in [-0.4, -0.2) is 17.9 Å². The van der Waals surface area contributed by atoms with Gasteiger partial charge in [-0.3, -0.25) is 10.7 Å². The third kappa shape index (κ3) is 2.55. The molecule has 0 amide bonds. The summed E-state index contributed by atoms with van der Waals surface area (Å²) in [7, 11) is 0. The summed E-state index contributed by atoms with van der Waals surface area (Å²) in [5.74, 6) is 2.99. The zero-order valence-corrected chi connectivity index (χ0v) is 22.4. The smallest absolute Gasteiger partial charge is 0.0663 e. The van der Waals surface area contributed by atoms with Crippen molar-refractivity contribution in [2.24, 2.45) is 56.2 Å². The molecule has 3 heteroatoms. The molecule has 33 heavy (non-hydrogen) atoms. The molecule has 0 aromatic heterocycles. The molecular weight excluding hydrogens is 406 g/mol. The summed E-state index contributed by atoms with van der Waals surface area (Å²) in [6, 6.07) is 0. The van der Waals surface area contributed by atoms with Crippen molar-refractivity contribution in [1.29, 1.82) is 0 Å². The van der Waals surface area contributed by atoms with Gasteiger partial charge in [0.2, 0.25) is 0 Å². The number of fused-ring (bicyclic) bond motifs is 5. The number of hydrogen-bond acceptors (Lipinski definition) is 3. The third-order valence-corrected chi connectivity index (χ3v) is 13.8. The predicted octanol–water partition coefficient (Wildman–Crippen LogP) is 7.35. The van der Waals surface area contributed by atoms with Crippen LogP contribution in [-0.2, 0) is 4.74 Å². The highest BCUT2D eigenvalue weighted by atomic mass is 16.5. The van der Waals surface area contributed by atoms with E-state index in [0.717, 1.165) is 36.5 Å². The molecule has 2 N–H and O–H groups in total. The topological polar surface area (TPSA) is 41.5 Å². The maximum Gasteiger partial charge on any atom is 0.0663 e. The monoisotopic (exact) mass is 455 g/mol. The molecule has 1 heterocycles. The summed E-state index contributed by atoms with van der Waals surface area (Å²) < 4.78 is 6.71. The highest BCUT2D eigenvalue weighted by Crippen LogP contribution is 2.77. The van der Waals surface area contributed by atoms with Gasteiger partial charge < -0.3 is 4.74 Å². The van der Waals surface area contributed by atoms with Crippen molar-refractivity contribution in [1.82, 2.24) is 5.48 Å². The first-order valence-electron chi connectivity index (χ1n) is 14.1. The number of allylic oxidation sites excluding steroid dienone is 2. The maximum absolute atomic E-state index is 9.86. The van der Waals surface area contributed by atoms with Gasteiger partial charge in [0.15, 0.2) is 0 Å². The Balaban J connectivity index is 1.40. The van der Waals surface area contributed by atoms with Crippen LogP contribution in [0.15, 0.2) is 11.8 Å². The maximum atomic E-state index is 9.86. The molecule has 9 atom stereocenters. The molecule has 2 bridgehead atoms. The van der Waals surface area contributed by atoms with Crippen molar-refractivity contribution < 1.29 is 9.94 Å². The summed E-state index contributed by atoms with van der Waals surface area (Å²) in [6.45, 7) is 18.8. The van der Waals surface area contributed by atoms with Crippen molar-refractivity contribution in [3.05, 3.63) is 11.8 Å². The van der Waals surface area contributed by atoms with E-state index in [2.05, 4.69) is 60.0 Å². The van der Waals surface area contributed by atoms with Crippen LogP contribution >= 0.6 is 0 Å². The molecule has 4 saturated carbocycles. The molecule has 3 nitrogen and oxygen atoms in total. The van der Waals surface area contributed by atoms with Gasteiger partial charge in [-0.15, -0.1) is 0 Å². The van der Waals surface area contributed by atoms with Crippen LogP contribution in [0.5, 0.6) is 0 Å². The Morgan fingerprint density at radius 1 is 0.848 bits per heavy atom. The minimum Gasteiger partial charge on any atom is -0.377 e.